The molecule has 0 aromatic carbocycles. The number of unbranched alkanes of at least 4 members (excludes halogenated alkanes) is 27. The average Bonchev–Trinajstić information content (AvgIpc) is 3.40. The molecule has 1 heterocycles. The second-order valence-corrected chi connectivity index (χ2v) is 27.9. The average molecular weight is 1230 g/mol. The molecule has 1 aromatic rings. The maximum Gasteiger partial charge on any atom is 0.242 e. The molecule has 0 saturated heterocycles. The topological polar surface area (TPSA) is 249 Å². The Bertz CT molecular complexity index is 1750. The second-order valence-electron chi connectivity index (χ2n) is 27.9. The first-order chi connectivity index (χ1) is 41.4. The molecule has 0 aliphatic carbocycles. The van der Waals surface area contributed by atoms with Crippen LogP contribution in [0.15, 0.2) is 0 Å². The summed E-state index contributed by atoms with van der Waals surface area (Å²) in [6.45, 7) is 25.7. The van der Waals surface area contributed by atoms with Gasteiger partial charge in [-0.1, -0.05) is 175 Å². The molecule has 0 aliphatic heterocycles. The quantitative estimate of drug-likeness (QED) is 0.0276. The van der Waals surface area contributed by atoms with Crippen molar-refractivity contribution in [2.75, 3.05) is 35.6 Å². The van der Waals surface area contributed by atoms with Gasteiger partial charge in [0.05, 0.1) is 0 Å². The van der Waals surface area contributed by atoms with Crippen LogP contribution in [0.25, 0.3) is 0 Å². The minimum Gasteiger partial charge on any atom is -0.354 e. The van der Waals surface area contributed by atoms with E-state index in [1.54, 1.807) is 0 Å². The number of aromatic nitrogens is 3. The highest BCUT2D eigenvalue weighted by Gasteiger charge is 2.27. The molecule has 18 nitrogen and oxygen atoms in total. The summed E-state index contributed by atoms with van der Waals surface area (Å²) in [5.74, 6) is 0.274. The molecule has 504 valence electrons. The lowest BCUT2D eigenvalue weighted by Gasteiger charge is -2.25. The summed E-state index contributed by atoms with van der Waals surface area (Å²) in [5.41, 5.74) is -1.34. The number of rotatable bonds is 54. The highest BCUT2D eigenvalue weighted by molar-refractivity contribution is 5.89. The van der Waals surface area contributed by atoms with Crippen LogP contribution in [0.5, 0.6) is 0 Å². The Kier molecular flexibility index (Phi) is 45.3. The number of carbonyl (C=O) groups is 6. The summed E-state index contributed by atoms with van der Waals surface area (Å²) < 4.78 is 0. The highest BCUT2D eigenvalue weighted by atomic mass is 16.2. The van der Waals surface area contributed by atoms with Crippen molar-refractivity contribution in [3.8, 4) is 0 Å². The first kappa shape index (κ1) is 80.2. The summed E-state index contributed by atoms with van der Waals surface area (Å²) in [6.07, 6.45) is 38.2. The van der Waals surface area contributed by atoms with Crippen LogP contribution in [0.1, 0.15) is 333 Å². The van der Waals surface area contributed by atoms with Crippen molar-refractivity contribution in [3.63, 3.8) is 0 Å². The molecule has 9 N–H and O–H groups in total. The number of carbonyl (C=O) groups excluding carboxylic acids is 6. The lowest BCUT2D eigenvalue weighted by Crippen LogP contribution is -2.52. The smallest absolute Gasteiger partial charge is 0.242 e. The van der Waals surface area contributed by atoms with E-state index in [4.69, 9.17) is 15.0 Å². The zero-order valence-corrected chi connectivity index (χ0v) is 57.7. The molecule has 0 saturated carbocycles. The van der Waals surface area contributed by atoms with Crippen LogP contribution in [-0.2, 0) is 28.8 Å². The fourth-order valence-electron chi connectivity index (χ4n) is 10.4. The predicted molar refractivity (Wildman–Crippen MR) is 362 cm³/mol. The van der Waals surface area contributed by atoms with Gasteiger partial charge in [-0.3, -0.25) is 28.8 Å². The van der Waals surface area contributed by atoms with Crippen molar-refractivity contribution in [3.05, 3.63) is 0 Å². The van der Waals surface area contributed by atoms with Crippen molar-refractivity contribution >= 4 is 53.3 Å². The summed E-state index contributed by atoms with van der Waals surface area (Å²) in [4.78, 5) is 94.0. The number of hydrogen-bond donors (Lipinski definition) is 9. The minimum absolute atomic E-state index is 0.0928. The number of anilines is 3. The Labute approximate surface area is 530 Å². The van der Waals surface area contributed by atoms with Crippen LogP contribution in [0, 0.1) is 0 Å². The maximum absolute atomic E-state index is 13.5. The van der Waals surface area contributed by atoms with Gasteiger partial charge in [0.15, 0.2) is 0 Å². The predicted octanol–water partition coefficient (Wildman–Crippen LogP) is 14.6. The fraction of sp³-hybridized carbons (Fsp3) is 0.870. The van der Waals surface area contributed by atoms with E-state index >= 15 is 0 Å². The number of hydrogen-bond acceptors (Lipinski definition) is 12. The molecule has 87 heavy (non-hydrogen) atoms. The molecule has 3 unspecified atom stereocenters. The third-order valence-electron chi connectivity index (χ3n) is 15.2. The fourth-order valence-corrected chi connectivity index (χ4v) is 10.4. The van der Waals surface area contributed by atoms with Gasteiger partial charge < -0.3 is 47.9 Å². The standard InChI is InChI=1S/C69H132N12O6/c1-13-16-19-22-25-28-31-34-37-49-58(82)73-55(61(85)79-67(4,5)6)46-40-43-52-70-64-76-65(71-53-44-41-47-56(62(86)80-68(7,8)9)74-59(83)50-38-35-32-29-26-23-20-17-14-2)78-66(77-64)72-54-45-42-48-57(63(87)81-69(10,11)12)75-60(84)51-39-36-33-30-27-24-21-18-15-3/h55-57H,13-54H2,1-12H3,(H,73,82)(H,74,83)(H,75,84)(H,79,85)(H,80,86)(H,81,87)(H3,70,71,72,76,77,78). The van der Waals surface area contributed by atoms with E-state index in [1.807, 2.05) is 62.3 Å². The zero-order valence-electron chi connectivity index (χ0n) is 57.7. The Morgan fingerprint density at radius 3 is 0.713 bits per heavy atom. The largest absolute Gasteiger partial charge is 0.354 e. The Balaban J connectivity index is 3.10. The third-order valence-corrected chi connectivity index (χ3v) is 15.2. The van der Waals surface area contributed by atoms with Gasteiger partial charge >= 0.3 is 0 Å². The molecule has 1 aromatic heterocycles. The van der Waals surface area contributed by atoms with E-state index < -0.39 is 34.7 Å². The van der Waals surface area contributed by atoms with Gasteiger partial charge in [-0.05, 0) is 139 Å². The van der Waals surface area contributed by atoms with E-state index in [0.717, 1.165) is 57.8 Å². The van der Waals surface area contributed by atoms with Crippen molar-refractivity contribution < 1.29 is 28.8 Å². The van der Waals surface area contributed by atoms with Crippen molar-refractivity contribution in [1.29, 1.82) is 0 Å². The van der Waals surface area contributed by atoms with E-state index in [9.17, 15) is 28.8 Å². The van der Waals surface area contributed by atoms with E-state index in [0.29, 0.717) is 115 Å². The lowest BCUT2D eigenvalue weighted by atomic mass is 10.0. The molecular formula is C69H132N12O6. The summed E-state index contributed by atoms with van der Waals surface area (Å²) >= 11 is 0. The number of nitrogens with one attached hydrogen (secondary N) is 9. The van der Waals surface area contributed by atoms with Gasteiger partial charge in [0.25, 0.3) is 0 Å². The molecule has 6 amide bonds. The maximum atomic E-state index is 13.5. The molecule has 0 spiro atoms. The van der Waals surface area contributed by atoms with Crippen molar-refractivity contribution in [1.82, 2.24) is 46.9 Å². The van der Waals surface area contributed by atoms with E-state index in [2.05, 4.69) is 68.6 Å². The van der Waals surface area contributed by atoms with Crippen LogP contribution in [-0.4, -0.2) is 105 Å². The Hall–Kier alpha value is -4.77. The summed E-state index contributed by atoms with van der Waals surface area (Å²) in [7, 11) is 0. The van der Waals surface area contributed by atoms with Gasteiger partial charge in [-0.25, -0.2) is 0 Å². The van der Waals surface area contributed by atoms with Gasteiger partial charge in [0.1, 0.15) is 18.1 Å². The molecule has 0 radical (unpaired) electrons. The minimum atomic E-state index is -0.646. The van der Waals surface area contributed by atoms with Crippen LogP contribution in [0.4, 0.5) is 17.8 Å². The molecule has 18 heteroatoms. The van der Waals surface area contributed by atoms with Gasteiger partial charge in [-0.15, -0.1) is 0 Å². The monoisotopic (exact) mass is 1230 g/mol. The first-order valence-electron chi connectivity index (χ1n) is 35.3. The van der Waals surface area contributed by atoms with Crippen LogP contribution in [0.3, 0.4) is 0 Å². The zero-order chi connectivity index (χ0) is 64.6. The van der Waals surface area contributed by atoms with Crippen molar-refractivity contribution in [2.45, 2.75) is 368 Å². The SMILES string of the molecule is CCCCCCCCCCCC(=O)NC(CCCCNc1nc(NCCCCC(NC(=O)CCCCCCCCCCC)C(=O)NC(C)(C)C)nc(NCCCCC(NC(=O)CCCCCCCCCCC)C(=O)NC(C)(C)C)n1)C(=O)NC(C)(C)C. The Morgan fingerprint density at radius 2 is 0.506 bits per heavy atom. The van der Waals surface area contributed by atoms with Crippen LogP contribution >= 0.6 is 0 Å². The summed E-state index contributed by atoms with van der Waals surface area (Å²) in [5, 5.41) is 28.4. The molecule has 1 rings (SSSR count). The number of amides is 6. The van der Waals surface area contributed by atoms with Gasteiger partial charge in [-0.2, -0.15) is 15.0 Å². The molecule has 3 atom stereocenters. The highest BCUT2D eigenvalue weighted by Crippen LogP contribution is 2.17. The van der Waals surface area contributed by atoms with Gasteiger partial charge in [0, 0.05) is 55.5 Å². The van der Waals surface area contributed by atoms with Gasteiger partial charge in [0.2, 0.25) is 53.3 Å². The lowest BCUT2D eigenvalue weighted by molar-refractivity contribution is -0.130. The van der Waals surface area contributed by atoms with Crippen LogP contribution in [0.2, 0.25) is 0 Å². The molecular weight excluding hydrogens is 1090 g/mol. The molecule has 0 bridgehead atoms. The molecule has 0 aliphatic rings. The van der Waals surface area contributed by atoms with Crippen LogP contribution < -0.4 is 47.9 Å². The summed E-state index contributed by atoms with van der Waals surface area (Å²) in [6, 6.07) is -1.94. The first-order valence-corrected chi connectivity index (χ1v) is 35.3. The molecule has 0 fully saturated rings. The Morgan fingerprint density at radius 1 is 0.299 bits per heavy atom. The van der Waals surface area contributed by atoms with Crippen molar-refractivity contribution in [2.24, 2.45) is 0 Å². The third kappa shape index (κ3) is 47.9. The van der Waals surface area contributed by atoms with E-state index in [1.165, 1.54) is 116 Å². The second kappa shape index (κ2) is 49.1. The van der Waals surface area contributed by atoms with E-state index in [-0.39, 0.29) is 35.4 Å². The number of nitrogens with zero attached hydrogens (tertiary/aromatic N) is 3. The normalized spacial score (nSPS) is 12.8.